The average molecular weight is 395 g/mol. The van der Waals surface area contributed by atoms with E-state index in [9.17, 15) is 4.79 Å². The molecular weight excluding hydrogens is 374 g/mol. The number of amides is 2. The highest BCUT2D eigenvalue weighted by Gasteiger charge is 2.36. The normalized spacial score (nSPS) is 20.8. The number of nitrogens with one attached hydrogen (secondary N) is 2. The van der Waals surface area contributed by atoms with Gasteiger partial charge in [0.05, 0.1) is 24.7 Å². The topological polar surface area (TPSA) is 106 Å². The summed E-state index contributed by atoms with van der Waals surface area (Å²) in [5.74, 6) is 1.43. The molecule has 2 aliphatic heterocycles. The number of anilines is 2. The molecule has 3 aromatic rings. The molecule has 2 unspecified atom stereocenters. The van der Waals surface area contributed by atoms with Gasteiger partial charge in [-0.1, -0.05) is 0 Å². The van der Waals surface area contributed by atoms with Crippen molar-refractivity contribution in [2.45, 2.75) is 12.4 Å². The maximum atomic E-state index is 11.5. The zero-order chi connectivity index (χ0) is 20.0. The van der Waals surface area contributed by atoms with Gasteiger partial charge in [-0.05, 0) is 24.3 Å². The number of ether oxygens (including phenoxy) is 2. The van der Waals surface area contributed by atoms with Crippen molar-refractivity contribution < 1.29 is 14.3 Å². The molecule has 0 radical (unpaired) electrons. The van der Waals surface area contributed by atoms with Crippen molar-refractivity contribution in [3.05, 3.63) is 30.5 Å². The Kier molecular flexibility index (Phi) is 4.29. The SMILES string of the molecule is CNC(=O)Nc1ccc(-c2nc(N3CC4COC(C3)O4)c3cnn(C)c3n2)cc1. The minimum absolute atomic E-state index is 0.0500. The van der Waals surface area contributed by atoms with Gasteiger partial charge >= 0.3 is 6.03 Å². The summed E-state index contributed by atoms with van der Waals surface area (Å²) >= 11 is 0. The van der Waals surface area contributed by atoms with Crippen LogP contribution >= 0.6 is 0 Å². The smallest absolute Gasteiger partial charge is 0.318 e. The Morgan fingerprint density at radius 3 is 2.79 bits per heavy atom. The van der Waals surface area contributed by atoms with Crippen molar-refractivity contribution in [3.8, 4) is 11.4 Å². The lowest BCUT2D eigenvalue weighted by Crippen LogP contribution is -2.43. The minimum atomic E-state index is -0.267. The van der Waals surface area contributed by atoms with Crippen molar-refractivity contribution in [3.63, 3.8) is 0 Å². The molecule has 10 nitrogen and oxygen atoms in total. The highest BCUT2D eigenvalue weighted by molar-refractivity contribution is 5.90. The maximum absolute atomic E-state index is 11.5. The standard InChI is InChI=1S/C19H21N7O3/c1-20-19(27)22-12-5-3-11(4-6-12)16-23-17-14(7-21-25(17)2)18(24-16)26-8-13-10-28-15(9-26)29-13/h3-7,13,15H,8-10H2,1-2H3,(H2,20,22,27). The first-order chi connectivity index (χ1) is 14.1. The number of rotatable bonds is 3. The molecular formula is C19H21N7O3. The molecule has 2 amide bonds. The van der Waals surface area contributed by atoms with Gasteiger partial charge in [0.2, 0.25) is 0 Å². The van der Waals surface area contributed by atoms with Crippen molar-refractivity contribution >= 4 is 28.6 Å². The summed E-state index contributed by atoms with van der Waals surface area (Å²) in [4.78, 5) is 23.3. The highest BCUT2D eigenvalue weighted by Crippen LogP contribution is 2.31. The van der Waals surface area contributed by atoms with Crippen LogP contribution in [0.25, 0.3) is 22.4 Å². The van der Waals surface area contributed by atoms with Crippen LogP contribution in [0.3, 0.4) is 0 Å². The fraction of sp³-hybridized carbons (Fsp3) is 0.368. The first kappa shape index (κ1) is 17.8. The number of aryl methyl sites for hydroxylation is 1. The van der Waals surface area contributed by atoms with E-state index in [-0.39, 0.29) is 18.4 Å². The van der Waals surface area contributed by atoms with Gasteiger partial charge in [-0.15, -0.1) is 0 Å². The predicted molar refractivity (Wildman–Crippen MR) is 107 cm³/mol. The third-order valence-electron chi connectivity index (χ3n) is 5.11. The molecule has 2 aliphatic rings. The van der Waals surface area contributed by atoms with Gasteiger partial charge in [-0.25, -0.2) is 14.8 Å². The molecule has 2 atom stereocenters. The minimum Gasteiger partial charge on any atom is -0.348 e. The van der Waals surface area contributed by atoms with Crippen LogP contribution in [0.5, 0.6) is 0 Å². The molecule has 1 aromatic carbocycles. The molecule has 0 aliphatic carbocycles. The molecule has 2 saturated heterocycles. The Hall–Kier alpha value is -3.24. The van der Waals surface area contributed by atoms with Crippen LogP contribution < -0.4 is 15.5 Å². The number of carbonyl (C=O) groups excluding carboxylic acids is 1. The summed E-state index contributed by atoms with van der Waals surface area (Å²) in [6.45, 7) is 1.94. The fourth-order valence-corrected chi connectivity index (χ4v) is 3.65. The van der Waals surface area contributed by atoms with Gasteiger partial charge in [0.25, 0.3) is 0 Å². The van der Waals surface area contributed by atoms with E-state index in [4.69, 9.17) is 19.4 Å². The average Bonchev–Trinajstić information content (AvgIpc) is 3.29. The van der Waals surface area contributed by atoms with E-state index in [1.165, 1.54) is 0 Å². The number of hydrogen-bond acceptors (Lipinski definition) is 7. The van der Waals surface area contributed by atoms with Crippen LogP contribution in [0.1, 0.15) is 0 Å². The zero-order valence-corrected chi connectivity index (χ0v) is 16.1. The Balaban J connectivity index is 1.53. The number of aromatic nitrogens is 4. The Bertz CT molecular complexity index is 1050. The summed E-state index contributed by atoms with van der Waals surface area (Å²) in [6, 6.07) is 7.15. The Morgan fingerprint density at radius 1 is 1.21 bits per heavy atom. The molecule has 2 N–H and O–H groups in total. The van der Waals surface area contributed by atoms with Crippen LogP contribution in [0.15, 0.2) is 30.5 Å². The van der Waals surface area contributed by atoms with E-state index in [2.05, 4.69) is 20.6 Å². The summed E-state index contributed by atoms with van der Waals surface area (Å²) in [5, 5.41) is 10.5. The van der Waals surface area contributed by atoms with E-state index in [0.29, 0.717) is 31.2 Å². The molecule has 5 rings (SSSR count). The van der Waals surface area contributed by atoms with Gasteiger partial charge in [0.15, 0.2) is 17.8 Å². The predicted octanol–water partition coefficient (Wildman–Crippen LogP) is 1.34. The monoisotopic (exact) mass is 395 g/mol. The van der Waals surface area contributed by atoms with Gasteiger partial charge in [-0.3, -0.25) is 4.68 Å². The van der Waals surface area contributed by atoms with Gasteiger partial charge < -0.3 is 25.0 Å². The quantitative estimate of drug-likeness (QED) is 0.689. The largest absolute Gasteiger partial charge is 0.348 e. The molecule has 10 heteroatoms. The Labute approximate surface area is 166 Å². The van der Waals surface area contributed by atoms with E-state index >= 15 is 0 Å². The molecule has 4 heterocycles. The second-order valence-corrected chi connectivity index (χ2v) is 7.08. The maximum Gasteiger partial charge on any atom is 0.318 e. The van der Waals surface area contributed by atoms with Gasteiger partial charge in [0, 0.05) is 31.9 Å². The lowest BCUT2D eigenvalue weighted by Gasteiger charge is -2.31. The second-order valence-electron chi connectivity index (χ2n) is 7.08. The number of fused-ring (bicyclic) bond motifs is 3. The van der Waals surface area contributed by atoms with Gasteiger partial charge in [-0.2, -0.15) is 5.10 Å². The summed E-state index contributed by atoms with van der Waals surface area (Å²) in [7, 11) is 3.44. The summed E-state index contributed by atoms with van der Waals surface area (Å²) < 4.78 is 13.2. The summed E-state index contributed by atoms with van der Waals surface area (Å²) in [5.41, 5.74) is 2.30. The molecule has 150 valence electrons. The van der Waals surface area contributed by atoms with Crippen molar-refractivity contribution in [1.82, 2.24) is 25.1 Å². The van der Waals surface area contributed by atoms with Crippen LogP contribution in [-0.2, 0) is 16.5 Å². The van der Waals surface area contributed by atoms with Crippen LogP contribution in [0.4, 0.5) is 16.3 Å². The number of nitrogens with zero attached hydrogens (tertiary/aromatic N) is 5. The van der Waals surface area contributed by atoms with Crippen LogP contribution in [0.2, 0.25) is 0 Å². The number of morpholine rings is 1. The van der Waals surface area contributed by atoms with Crippen molar-refractivity contribution in [1.29, 1.82) is 0 Å². The number of urea groups is 1. The first-order valence-corrected chi connectivity index (χ1v) is 9.41. The van der Waals surface area contributed by atoms with E-state index < -0.39 is 0 Å². The third-order valence-corrected chi connectivity index (χ3v) is 5.11. The van der Waals surface area contributed by atoms with Crippen LogP contribution in [-0.4, -0.2) is 64.9 Å². The second kappa shape index (κ2) is 6.98. The Morgan fingerprint density at radius 2 is 2.03 bits per heavy atom. The molecule has 2 bridgehead atoms. The molecule has 0 saturated carbocycles. The van der Waals surface area contributed by atoms with Crippen LogP contribution in [0, 0.1) is 0 Å². The number of carbonyl (C=O) groups is 1. The van der Waals surface area contributed by atoms with Gasteiger partial charge in [0.1, 0.15) is 11.9 Å². The fourth-order valence-electron chi connectivity index (χ4n) is 3.65. The number of hydrogen-bond donors (Lipinski definition) is 2. The molecule has 2 fully saturated rings. The van der Waals surface area contributed by atoms with E-state index in [1.807, 2.05) is 31.3 Å². The molecule has 2 aromatic heterocycles. The van der Waals surface area contributed by atoms with E-state index in [1.54, 1.807) is 17.9 Å². The van der Waals surface area contributed by atoms with Crippen molar-refractivity contribution in [2.75, 3.05) is 37.0 Å². The number of benzene rings is 1. The molecule has 29 heavy (non-hydrogen) atoms. The van der Waals surface area contributed by atoms with E-state index in [0.717, 1.165) is 22.4 Å². The summed E-state index contributed by atoms with van der Waals surface area (Å²) in [6.07, 6.45) is 1.62. The van der Waals surface area contributed by atoms with Crippen molar-refractivity contribution in [2.24, 2.45) is 7.05 Å². The molecule has 0 spiro atoms. The third kappa shape index (κ3) is 3.26. The highest BCUT2D eigenvalue weighted by atomic mass is 16.7. The lowest BCUT2D eigenvalue weighted by molar-refractivity contribution is -0.0626. The lowest BCUT2D eigenvalue weighted by atomic mass is 10.2. The first-order valence-electron chi connectivity index (χ1n) is 9.41. The zero-order valence-electron chi connectivity index (χ0n) is 16.1.